The smallest absolute Gasteiger partial charge is 0.275 e. The molecule has 35 heavy (non-hydrogen) atoms. The van der Waals surface area contributed by atoms with Crippen molar-refractivity contribution in [3.05, 3.63) is 104 Å². The van der Waals surface area contributed by atoms with Crippen LogP contribution in [0.3, 0.4) is 0 Å². The van der Waals surface area contributed by atoms with E-state index in [2.05, 4.69) is 10.9 Å². The van der Waals surface area contributed by atoms with E-state index in [1.807, 2.05) is 29.8 Å². The van der Waals surface area contributed by atoms with E-state index in [1.54, 1.807) is 64.1 Å². The normalized spacial score (nSPS) is 10.5. The molecule has 2 amide bonds. The number of nitrogens with zero attached hydrogens (tertiary/aromatic N) is 2. The summed E-state index contributed by atoms with van der Waals surface area (Å²) in [6.07, 6.45) is 4.82. The number of hydrogen-bond donors (Lipinski definition) is 2. The first-order valence-electron chi connectivity index (χ1n) is 10.6. The molecule has 4 aromatic rings. The summed E-state index contributed by atoms with van der Waals surface area (Å²) in [7, 11) is 0. The van der Waals surface area contributed by atoms with Crippen LogP contribution in [0.1, 0.15) is 45.8 Å². The summed E-state index contributed by atoms with van der Waals surface area (Å²) < 4.78 is 3.32. The van der Waals surface area contributed by atoms with Crippen LogP contribution in [0, 0.1) is 6.92 Å². The van der Waals surface area contributed by atoms with Gasteiger partial charge in [-0.3, -0.25) is 30.0 Å². The maximum atomic E-state index is 12.6. The van der Waals surface area contributed by atoms with Crippen molar-refractivity contribution in [1.82, 2.24) is 10.9 Å². The molecule has 0 bridgehead atoms. The highest BCUT2D eigenvalue weighted by molar-refractivity contribution is 7.12. The lowest BCUT2D eigenvalue weighted by Crippen LogP contribution is -2.45. The van der Waals surface area contributed by atoms with Crippen LogP contribution in [0.2, 0.25) is 0 Å². The van der Waals surface area contributed by atoms with E-state index in [-0.39, 0.29) is 30.2 Å². The molecule has 0 fully saturated rings. The Balaban J connectivity index is 1.37. The third-order valence-electron chi connectivity index (χ3n) is 5.16. The summed E-state index contributed by atoms with van der Waals surface area (Å²) in [4.78, 5) is 51.3. The van der Waals surface area contributed by atoms with Gasteiger partial charge in [-0.25, -0.2) is 0 Å². The predicted octanol–water partition coefficient (Wildman–Crippen LogP) is 2.53. The van der Waals surface area contributed by atoms with Gasteiger partial charge in [0.2, 0.25) is 24.7 Å². The molecular formula is C25H22N4O4S2+2. The number of rotatable bonds is 8. The lowest BCUT2D eigenvalue weighted by molar-refractivity contribution is -0.689. The molecule has 0 saturated heterocycles. The highest BCUT2D eigenvalue weighted by Gasteiger charge is 2.20. The van der Waals surface area contributed by atoms with E-state index in [1.165, 1.54) is 22.7 Å². The summed E-state index contributed by atoms with van der Waals surface area (Å²) in [5.41, 5.74) is 6.19. The second-order valence-electron chi connectivity index (χ2n) is 7.66. The molecule has 176 valence electrons. The number of aromatic nitrogens is 2. The van der Waals surface area contributed by atoms with E-state index in [0.29, 0.717) is 15.3 Å². The number of aryl methyl sites for hydroxylation is 1. The molecule has 10 heteroatoms. The molecule has 4 heterocycles. The molecule has 0 aliphatic rings. The minimum atomic E-state index is -0.524. The quantitative estimate of drug-likeness (QED) is 0.218. The number of hydrogen-bond acceptors (Lipinski definition) is 6. The van der Waals surface area contributed by atoms with Gasteiger partial charge in [0, 0.05) is 19.1 Å². The van der Waals surface area contributed by atoms with Crippen LogP contribution in [0.4, 0.5) is 0 Å². The van der Waals surface area contributed by atoms with E-state index in [9.17, 15) is 19.2 Å². The number of nitrogens with one attached hydrogen (secondary N) is 2. The molecule has 4 rings (SSSR count). The molecule has 0 spiro atoms. The zero-order valence-corrected chi connectivity index (χ0v) is 20.4. The summed E-state index contributed by atoms with van der Waals surface area (Å²) in [5.74, 6) is -1.15. The fraction of sp³-hybridized carbons (Fsp3) is 0.120. The number of thiophene rings is 2. The number of carbonyl (C=O) groups excluding carboxylic acids is 4. The number of Topliss-reactive ketones (excluding diaryl/α,β-unsaturated/α-hetero) is 2. The molecule has 0 aliphatic heterocycles. The monoisotopic (exact) mass is 506 g/mol. The summed E-state index contributed by atoms with van der Waals surface area (Å²) >= 11 is 2.73. The molecule has 2 N–H and O–H groups in total. The first-order chi connectivity index (χ1) is 16.9. The molecule has 0 atom stereocenters. The number of amides is 2. The van der Waals surface area contributed by atoms with Gasteiger partial charge in [0.15, 0.2) is 24.3 Å². The predicted molar refractivity (Wildman–Crippen MR) is 130 cm³/mol. The van der Waals surface area contributed by atoms with Gasteiger partial charge in [-0.05, 0) is 35.0 Å². The van der Waals surface area contributed by atoms with Crippen molar-refractivity contribution < 1.29 is 28.3 Å². The highest BCUT2D eigenvalue weighted by atomic mass is 32.1. The van der Waals surface area contributed by atoms with Gasteiger partial charge in [0.25, 0.3) is 11.8 Å². The van der Waals surface area contributed by atoms with Crippen molar-refractivity contribution in [1.29, 1.82) is 0 Å². The number of carbonyl (C=O) groups is 4. The Kier molecular flexibility index (Phi) is 7.54. The topological polar surface area (TPSA) is 100 Å². The minimum absolute atomic E-state index is 0.0473. The number of pyridine rings is 2. The van der Waals surface area contributed by atoms with Crippen LogP contribution in [0.5, 0.6) is 0 Å². The Bertz CT molecular complexity index is 1380. The van der Waals surface area contributed by atoms with E-state index < -0.39 is 11.8 Å². The Morgan fingerprint density at radius 1 is 0.743 bits per heavy atom. The SMILES string of the molecule is Cc1ccc(C(=O)NNC(=O)c2ccc[n+](CC(=O)c3cccs3)c2)c[n+]1CC(=O)c1cccs1. The van der Waals surface area contributed by atoms with Crippen molar-refractivity contribution in [2.75, 3.05) is 0 Å². The van der Waals surface area contributed by atoms with E-state index >= 15 is 0 Å². The van der Waals surface area contributed by atoms with Crippen LogP contribution in [-0.2, 0) is 13.1 Å². The largest absolute Gasteiger partial charge is 0.286 e. The fourth-order valence-electron chi connectivity index (χ4n) is 3.29. The maximum Gasteiger partial charge on any atom is 0.275 e. The van der Waals surface area contributed by atoms with Crippen LogP contribution in [0.25, 0.3) is 0 Å². The van der Waals surface area contributed by atoms with E-state index in [4.69, 9.17) is 0 Å². The van der Waals surface area contributed by atoms with Crippen LogP contribution >= 0.6 is 22.7 Å². The van der Waals surface area contributed by atoms with Crippen LogP contribution in [0.15, 0.2) is 77.9 Å². The molecule has 0 aromatic carbocycles. The highest BCUT2D eigenvalue weighted by Crippen LogP contribution is 2.10. The lowest BCUT2D eigenvalue weighted by atomic mass is 10.2. The fourth-order valence-corrected chi connectivity index (χ4v) is 4.60. The minimum Gasteiger partial charge on any atom is -0.286 e. The van der Waals surface area contributed by atoms with Crippen LogP contribution < -0.4 is 20.0 Å². The third-order valence-corrected chi connectivity index (χ3v) is 6.98. The van der Waals surface area contributed by atoms with Crippen molar-refractivity contribution >= 4 is 46.1 Å². The van der Waals surface area contributed by atoms with Gasteiger partial charge in [-0.2, -0.15) is 9.13 Å². The number of ketones is 2. The molecule has 8 nitrogen and oxygen atoms in total. The standard InChI is InChI=1S/C25H20N4O4S2/c1-17-8-9-19(14-29(17)16-21(31)23-7-4-12-35-23)25(33)27-26-24(32)18-5-2-10-28(13-18)15-20(30)22-6-3-11-34-22/h2-14H,15-16H2,1H3/p+2. The van der Waals surface area contributed by atoms with Gasteiger partial charge in [0.05, 0.1) is 9.75 Å². The Hall–Kier alpha value is -4.02. The molecule has 0 unspecified atom stereocenters. The first-order valence-corrected chi connectivity index (χ1v) is 12.4. The van der Waals surface area contributed by atoms with E-state index in [0.717, 1.165) is 5.69 Å². The summed E-state index contributed by atoms with van der Waals surface area (Å²) in [6.45, 7) is 2.05. The molecule has 0 aliphatic carbocycles. The zero-order chi connectivity index (χ0) is 24.8. The second kappa shape index (κ2) is 10.9. The molecule has 0 radical (unpaired) electrons. The summed E-state index contributed by atoms with van der Waals surface area (Å²) in [5, 5.41) is 3.68. The summed E-state index contributed by atoms with van der Waals surface area (Å²) in [6, 6.07) is 13.8. The zero-order valence-electron chi connectivity index (χ0n) is 18.8. The Labute approximate surface area is 209 Å². The van der Waals surface area contributed by atoms with Crippen molar-refractivity contribution in [2.45, 2.75) is 20.0 Å². The van der Waals surface area contributed by atoms with Gasteiger partial charge in [0.1, 0.15) is 11.1 Å². The Morgan fingerprint density at radius 3 is 1.94 bits per heavy atom. The van der Waals surface area contributed by atoms with Crippen molar-refractivity contribution in [2.24, 2.45) is 0 Å². The van der Waals surface area contributed by atoms with Gasteiger partial charge < -0.3 is 0 Å². The average molecular weight is 507 g/mol. The molecule has 4 aromatic heterocycles. The van der Waals surface area contributed by atoms with Crippen molar-refractivity contribution in [3.8, 4) is 0 Å². The third kappa shape index (κ3) is 6.11. The first kappa shape index (κ1) is 24.1. The molecule has 0 saturated carbocycles. The average Bonchev–Trinajstić information content (AvgIpc) is 3.58. The van der Waals surface area contributed by atoms with Crippen molar-refractivity contribution in [3.63, 3.8) is 0 Å². The second-order valence-corrected chi connectivity index (χ2v) is 9.56. The van der Waals surface area contributed by atoms with Gasteiger partial charge in [-0.15, -0.1) is 22.7 Å². The lowest BCUT2D eigenvalue weighted by Gasteiger charge is -2.07. The van der Waals surface area contributed by atoms with Crippen LogP contribution in [-0.4, -0.2) is 23.4 Å². The van der Waals surface area contributed by atoms with Gasteiger partial charge in [-0.1, -0.05) is 12.1 Å². The maximum absolute atomic E-state index is 12.6. The Morgan fingerprint density at radius 2 is 1.34 bits per heavy atom. The molecular weight excluding hydrogens is 484 g/mol. The number of hydrazine groups is 1. The van der Waals surface area contributed by atoms with Gasteiger partial charge >= 0.3 is 0 Å².